The third kappa shape index (κ3) is 5.90. The molecule has 0 aliphatic heterocycles. The van der Waals surface area contributed by atoms with Crippen LogP contribution in [0.5, 0.6) is 5.75 Å². The van der Waals surface area contributed by atoms with Crippen LogP contribution in [-0.2, 0) is 5.33 Å². The first-order valence-corrected chi connectivity index (χ1v) is 11.6. The molecule has 0 unspecified atom stereocenters. The molecule has 1 rings (SSSR count). The van der Waals surface area contributed by atoms with E-state index in [0.29, 0.717) is 10.9 Å². The maximum atomic E-state index is 13.9. The largest absolute Gasteiger partial charge is 0.494 e. The lowest BCUT2D eigenvalue weighted by atomic mass is 9.85. The lowest BCUT2D eigenvalue weighted by Gasteiger charge is -2.44. The maximum absolute atomic E-state index is 13.9. The summed E-state index contributed by atoms with van der Waals surface area (Å²) in [6.45, 7) is -1.11. The molecule has 0 heterocycles. The van der Waals surface area contributed by atoms with Crippen LogP contribution in [-0.4, -0.2) is 66.1 Å². The minimum atomic E-state index is -9.17. The van der Waals surface area contributed by atoms with E-state index in [-0.39, 0.29) is 5.75 Å². The van der Waals surface area contributed by atoms with Crippen LogP contribution in [0.1, 0.15) is 18.4 Å². The van der Waals surface area contributed by atoms with E-state index in [1.54, 1.807) is 0 Å². The monoisotopic (exact) mass is 746 g/mol. The zero-order valence-electron chi connectivity index (χ0n) is 19.9. The van der Waals surface area contributed by atoms with Gasteiger partial charge in [-0.05, 0) is 24.1 Å². The van der Waals surface area contributed by atoms with Crippen LogP contribution in [0.15, 0.2) is 24.3 Å². The summed E-state index contributed by atoms with van der Waals surface area (Å²) < 4.78 is 285. The van der Waals surface area contributed by atoms with Gasteiger partial charge in [-0.3, -0.25) is 0 Å². The summed E-state index contributed by atoms with van der Waals surface area (Å²) >= 11 is 3.03. The Morgan fingerprint density at radius 2 is 0.791 bits per heavy atom. The number of hydrogen-bond donors (Lipinski definition) is 0. The zero-order valence-corrected chi connectivity index (χ0v) is 21.4. The van der Waals surface area contributed by atoms with Gasteiger partial charge in [0, 0.05) is 11.8 Å². The van der Waals surface area contributed by atoms with Gasteiger partial charge in [-0.25, -0.2) is 0 Å². The molecule has 0 spiro atoms. The van der Waals surface area contributed by atoms with Crippen LogP contribution in [0.25, 0.3) is 0 Å². The Kier molecular flexibility index (Phi) is 10.4. The van der Waals surface area contributed by atoms with E-state index >= 15 is 0 Å². The highest BCUT2D eigenvalue weighted by Crippen LogP contribution is 2.66. The molecule has 0 atom stereocenters. The third-order valence-electron chi connectivity index (χ3n) is 5.56. The van der Waals surface area contributed by atoms with Crippen LogP contribution in [0.3, 0.4) is 0 Å². The van der Waals surface area contributed by atoms with E-state index in [0.717, 1.165) is 12.1 Å². The lowest BCUT2D eigenvalue weighted by Crippen LogP contribution is -2.76. The summed E-state index contributed by atoms with van der Waals surface area (Å²) in [4.78, 5) is 0. The van der Waals surface area contributed by atoms with Gasteiger partial charge in [0.05, 0.1) is 6.61 Å². The number of alkyl halides is 22. The van der Waals surface area contributed by atoms with Crippen molar-refractivity contribution in [3.05, 3.63) is 29.8 Å². The molecule has 0 fully saturated rings. The molecule has 0 aliphatic rings. The molecule has 0 bridgehead atoms. The zero-order chi connectivity index (χ0) is 34.5. The van der Waals surface area contributed by atoms with Crippen LogP contribution in [0, 0.1) is 0 Å². The van der Waals surface area contributed by atoms with Crippen molar-refractivity contribution in [3.63, 3.8) is 0 Å². The quantitative estimate of drug-likeness (QED) is 0.105. The van der Waals surface area contributed by atoms with Crippen molar-refractivity contribution in [2.24, 2.45) is 0 Å². The molecule has 1 aromatic carbocycles. The molecule has 252 valence electrons. The number of benzene rings is 1. The number of halogens is 22. The molecule has 0 N–H and O–H groups in total. The molecule has 0 amide bonds. The predicted octanol–water partition coefficient (Wildman–Crippen LogP) is 10.0. The molecule has 43 heavy (non-hydrogen) atoms. The SMILES string of the molecule is FC(F)(F)C(F)(F)C(F)(F)C(F)(F)C(F)(F)C(F)(F)C(F)(F)C(F)(F)C(F)(F)C(F)(F)CCCOc1ccc(CBr)cc1. The summed E-state index contributed by atoms with van der Waals surface area (Å²) in [7, 11) is 0. The highest BCUT2D eigenvalue weighted by molar-refractivity contribution is 9.08. The van der Waals surface area contributed by atoms with Crippen molar-refractivity contribution in [2.45, 2.75) is 77.7 Å². The van der Waals surface area contributed by atoms with Gasteiger partial charge in [-0.15, -0.1) is 0 Å². The van der Waals surface area contributed by atoms with Crippen LogP contribution < -0.4 is 4.74 Å². The molecule has 23 heteroatoms. The van der Waals surface area contributed by atoms with Gasteiger partial charge in [0.2, 0.25) is 0 Å². The summed E-state index contributed by atoms with van der Waals surface area (Å²) in [6, 6.07) is 5.03. The molecular formula is C20H12BrF21O. The fourth-order valence-corrected chi connectivity index (χ4v) is 3.28. The Morgan fingerprint density at radius 1 is 0.465 bits per heavy atom. The minimum absolute atomic E-state index is 0.174. The Morgan fingerprint density at radius 3 is 1.12 bits per heavy atom. The molecule has 0 saturated carbocycles. The Bertz CT molecular complexity index is 1090. The van der Waals surface area contributed by atoms with Gasteiger partial charge in [-0.2, -0.15) is 92.2 Å². The van der Waals surface area contributed by atoms with Crippen molar-refractivity contribution in [3.8, 4) is 5.75 Å². The Labute approximate surface area is 233 Å². The van der Waals surface area contributed by atoms with Crippen molar-refractivity contribution < 1.29 is 96.9 Å². The molecule has 0 aromatic heterocycles. The average Bonchev–Trinajstić information content (AvgIpc) is 2.85. The van der Waals surface area contributed by atoms with E-state index in [9.17, 15) is 92.2 Å². The first-order valence-electron chi connectivity index (χ1n) is 10.5. The second-order valence-corrected chi connectivity index (χ2v) is 9.09. The molecule has 0 aliphatic carbocycles. The fraction of sp³-hybridized carbons (Fsp3) is 0.700. The highest BCUT2D eigenvalue weighted by Gasteiger charge is 2.97. The number of rotatable bonds is 14. The van der Waals surface area contributed by atoms with E-state index in [4.69, 9.17) is 4.74 Å². The van der Waals surface area contributed by atoms with Crippen molar-refractivity contribution in [1.82, 2.24) is 0 Å². The molecular weight excluding hydrogens is 735 g/mol. The molecule has 1 aromatic rings. The summed E-state index contributed by atoms with van der Waals surface area (Å²) in [5.74, 6) is -77.0. The van der Waals surface area contributed by atoms with Gasteiger partial charge < -0.3 is 4.74 Å². The molecule has 0 saturated heterocycles. The van der Waals surface area contributed by atoms with Crippen LogP contribution in [0.4, 0.5) is 92.2 Å². The van der Waals surface area contributed by atoms with Crippen molar-refractivity contribution >= 4 is 15.9 Å². The normalized spacial score (nSPS) is 15.6. The van der Waals surface area contributed by atoms with Crippen LogP contribution in [0.2, 0.25) is 0 Å². The minimum Gasteiger partial charge on any atom is -0.494 e. The van der Waals surface area contributed by atoms with Crippen molar-refractivity contribution in [2.75, 3.05) is 6.61 Å². The second-order valence-electron chi connectivity index (χ2n) is 8.53. The van der Waals surface area contributed by atoms with Gasteiger partial charge in [0.1, 0.15) is 5.75 Å². The summed E-state index contributed by atoms with van der Waals surface area (Å²) in [6.07, 6.45) is -12.2. The number of hydrogen-bond acceptors (Lipinski definition) is 1. The van der Waals surface area contributed by atoms with E-state index < -0.39 is 78.9 Å². The lowest BCUT2D eigenvalue weighted by molar-refractivity contribution is -0.474. The number of ether oxygens (including phenoxy) is 1. The first kappa shape index (κ1) is 39.1. The summed E-state index contributed by atoms with van der Waals surface area (Å²) in [5, 5.41) is 0.304. The smallest absolute Gasteiger partial charge is 0.460 e. The van der Waals surface area contributed by atoms with Gasteiger partial charge in [0.15, 0.2) is 0 Å². The van der Waals surface area contributed by atoms with E-state index in [1.807, 2.05) is 0 Å². The average molecular weight is 747 g/mol. The third-order valence-corrected chi connectivity index (χ3v) is 6.20. The first-order chi connectivity index (χ1) is 18.8. The summed E-state index contributed by atoms with van der Waals surface area (Å²) in [5.41, 5.74) is 0.611. The standard InChI is InChI=1S/C20H12BrF21O/c21-8-9-2-4-10(5-3-9)43-7-1-6-11(22,23)12(24,25)13(26,27)14(28,29)15(30,31)16(32,33)17(34,35)18(36,37)19(38,39)20(40,41)42/h2-5H,1,6-8H2. The molecule has 1 nitrogen and oxygen atoms in total. The predicted molar refractivity (Wildman–Crippen MR) is 104 cm³/mol. The Hall–Kier alpha value is -1.97. The van der Waals surface area contributed by atoms with Gasteiger partial charge in [-0.1, -0.05) is 28.1 Å². The highest BCUT2D eigenvalue weighted by atomic mass is 79.9. The van der Waals surface area contributed by atoms with Gasteiger partial charge in [0.25, 0.3) is 0 Å². The van der Waals surface area contributed by atoms with Crippen molar-refractivity contribution in [1.29, 1.82) is 0 Å². The topological polar surface area (TPSA) is 9.23 Å². The van der Waals surface area contributed by atoms with Crippen LogP contribution >= 0.6 is 15.9 Å². The fourth-order valence-electron chi connectivity index (χ4n) is 2.91. The van der Waals surface area contributed by atoms with Gasteiger partial charge >= 0.3 is 59.5 Å². The second kappa shape index (κ2) is 11.4. The van der Waals surface area contributed by atoms with E-state index in [2.05, 4.69) is 15.9 Å². The molecule has 0 radical (unpaired) electrons. The maximum Gasteiger partial charge on any atom is 0.460 e. The Balaban J connectivity index is 3.40. The van der Waals surface area contributed by atoms with E-state index in [1.165, 1.54) is 12.1 Å².